The summed E-state index contributed by atoms with van der Waals surface area (Å²) >= 11 is 0. The Morgan fingerprint density at radius 1 is 0.759 bits per heavy atom. The Bertz CT molecular complexity index is 1530. The van der Waals surface area contributed by atoms with Crippen LogP contribution in [-0.2, 0) is 47.5 Å². The summed E-state index contributed by atoms with van der Waals surface area (Å²) in [7, 11) is 0. The number of carbonyl (C=O) groups excluding carboxylic acids is 2. The van der Waals surface area contributed by atoms with Gasteiger partial charge in [-0.3, -0.25) is 4.79 Å². The largest absolute Gasteiger partial charge is 0.459 e. The molecule has 4 aliphatic carbocycles. The maximum absolute atomic E-state index is 12.6. The molecule has 8 aliphatic rings. The van der Waals surface area contributed by atoms with Crippen LogP contribution < -0.4 is 0 Å². The molecule has 4 aliphatic heterocycles. The Morgan fingerprint density at radius 3 is 1.98 bits per heavy atom. The lowest BCUT2D eigenvalue weighted by Gasteiger charge is -2.65. The topological polar surface area (TPSA) is 209 Å². The molecule has 0 aromatic carbocycles. The molecule has 10 unspecified atom stereocenters. The van der Waals surface area contributed by atoms with E-state index < -0.39 is 96.9 Å². The third kappa shape index (κ3) is 7.49. The maximum Gasteiger partial charge on any atom is 0.331 e. The second-order valence-electron chi connectivity index (χ2n) is 19.4. The molecule has 0 spiro atoms. The van der Waals surface area contributed by atoms with Crippen molar-refractivity contribution in [3.63, 3.8) is 0 Å². The summed E-state index contributed by atoms with van der Waals surface area (Å²) in [6, 6.07) is 0. The van der Waals surface area contributed by atoms with Crippen molar-refractivity contribution in [2.45, 2.75) is 204 Å². The molecule has 7 fully saturated rings. The zero-order chi connectivity index (χ0) is 41.5. The molecule has 0 aromatic rings. The molecular formula is C43H66O15. The number of aliphatic hydroxyl groups excluding tert-OH is 4. The number of carbonyl (C=O) groups is 2. The molecule has 15 nitrogen and oxygen atoms in total. The van der Waals surface area contributed by atoms with Crippen LogP contribution in [0.25, 0.3) is 0 Å². The van der Waals surface area contributed by atoms with Crippen molar-refractivity contribution in [1.29, 1.82) is 0 Å². The lowest BCUT2D eigenvalue weighted by molar-refractivity contribution is -0.336. The van der Waals surface area contributed by atoms with Gasteiger partial charge in [-0.2, -0.15) is 0 Å². The average molecular weight is 823 g/mol. The normalized spacial score (nSPS) is 53.2. The van der Waals surface area contributed by atoms with Gasteiger partial charge in [0.2, 0.25) is 0 Å². The fraction of sp³-hybridized carbons (Fsp3) is 0.907. The van der Waals surface area contributed by atoms with E-state index in [-0.39, 0.29) is 61.1 Å². The fourth-order valence-corrected chi connectivity index (χ4v) is 13.1. The number of rotatable bonds is 8. The Hall–Kier alpha value is -1.76. The van der Waals surface area contributed by atoms with Crippen LogP contribution in [0.5, 0.6) is 0 Å². The van der Waals surface area contributed by atoms with Crippen LogP contribution in [0.4, 0.5) is 0 Å². The second kappa shape index (κ2) is 16.2. The van der Waals surface area contributed by atoms with Crippen LogP contribution in [0.2, 0.25) is 0 Å². The third-order valence-corrected chi connectivity index (χ3v) is 16.2. The van der Waals surface area contributed by atoms with Gasteiger partial charge in [0.1, 0.15) is 31.0 Å². The fourth-order valence-electron chi connectivity index (χ4n) is 13.1. The van der Waals surface area contributed by atoms with Gasteiger partial charge in [0.05, 0.1) is 48.3 Å². The summed E-state index contributed by atoms with van der Waals surface area (Å²) in [6.45, 7) is 11.2. The Balaban J connectivity index is 0.829. The minimum absolute atomic E-state index is 0.0561. The number of hydrogen-bond donors (Lipinski definition) is 5. The average Bonchev–Trinajstić information content (AvgIpc) is 3.70. The smallest absolute Gasteiger partial charge is 0.331 e. The lowest BCUT2D eigenvalue weighted by Crippen LogP contribution is -2.67. The van der Waals surface area contributed by atoms with Crippen molar-refractivity contribution < 1.29 is 73.0 Å². The summed E-state index contributed by atoms with van der Waals surface area (Å²) in [5.74, 6) is -0.345. The van der Waals surface area contributed by atoms with E-state index in [9.17, 15) is 35.1 Å². The predicted molar refractivity (Wildman–Crippen MR) is 202 cm³/mol. The molecule has 0 bridgehead atoms. The first-order valence-corrected chi connectivity index (χ1v) is 21.8. The molecule has 5 N–H and O–H groups in total. The molecular weight excluding hydrogens is 756 g/mol. The molecule has 8 rings (SSSR count). The van der Waals surface area contributed by atoms with Gasteiger partial charge in [-0.1, -0.05) is 13.8 Å². The van der Waals surface area contributed by atoms with Crippen LogP contribution in [0.15, 0.2) is 11.6 Å². The number of cyclic esters (lactones) is 1. The Labute approximate surface area is 341 Å². The van der Waals surface area contributed by atoms with E-state index in [1.807, 2.05) is 13.8 Å². The molecule has 0 aromatic heterocycles. The predicted octanol–water partition coefficient (Wildman–Crippen LogP) is 2.79. The number of esters is 2. The quantitative estimate of drug-likeness (QED) is 0.176. The first-order valence-electron chi connectivity index (χ1n) is 21.8. The molecule has 3 saturated heterocycles. The molecule has 15 heteroatoms. The summed E-state index contributed by atoms with van der Waals surface area (Å²) in [5.41, 5.74) is -0.918. The van der Waals surface area contributed by atoms with Gasteiger partial charge in [-0.15, -0.1) is 0 Å². The van der Waals surface area contributed by atoms with E-state index in [4.69, 9.17) is 37.9 Å². The van der Waals surface area contributed by atoms with Crippen LogP contribution in [-0.4, -0.2) is 136 Å². The SMILES string of the molecule is CC(=O)O[C@H]1CC(OC2[C@@H](O)CC(OC3[C@@H](O)C[C@H](OC4CC[C@@]5(C)C(CCC6C5CC(O)[C@]5(C)[C@H](C7=CC(=O)OC7)CCC65O)C4)O[C@@H]3C)O[C@@H]2C)O[C@H](C)[C@H]1O. The molecule has 4 saturated carbocycles. The van der Waals surface area contributed by atoms with E-state index in [0.29, 0.717) is 18.8 Å². The van der Waals surface area contributed by atoms with Gasteiger partial charge < -0.3 is 63.4 Å². The molecule has 21 atom stereocenters. The van der Waals surface area contributed by atoms with Gasteiger partial charge in [-0.25, -0.2) is 4.79 Å². The summed E-state index contributed by atoms with van der Waals surface area (Å²) in [6.07, 6.45) is -1.66. The zero-order valence-electron chi connectivity index (χ0n) is 34.8. The van der Waals surface area contributed by atoms with Crippen molar-refractivity contribution in [2.24, 2.45) is 34.5 Å². The van der Waals surface area contributed by atoms with Gasteiger partial charge >= 0.3 is 11.9 Å². The van der Waals surface area contributed by atoms with Gasteiger partial charge in [0.25, 0.3) is 0 Å². The third-order valence-electron chi connectivity index (χ3n) is 16.2. The molecule has 328 valence electrons. The van der Waals surface area contributed by atoms with E-state index in [2.05, 4.69) is 6.92 Å². The minimum Gasteiger partial charge on any atom is -0.459 e. The molecule has 4 heterocycles. The van der Waals surface area contributed by atoms with Crippen LogP contribution in [0.1, 0.15) is 112 Å². The van der Waals surface area contributed by atoms with E-state index in [0.717, 1.165) is 44.1 Å². The van der Waals surface area contributed by atoms with Gasteiger partial charge in [0, 0.05) is 37.7 Å². The van der Waals surface area contributed by atoms with Gasteiger partial charge in [0.15, 0.2) is 18.9 Å². The first-order chi connectivity index (χ1) is 27.4. The van der Waals surface area contributed by atoms with E-state index in [1.54, 1.807) is 19.9 Å². The molecule has 58 heavy (non-hydrogen) atoms. The lowest BCUT2D eigenvalue weighted by atomic mass is 9.42. The van der Waals surface area contributed by atoms with Crippen molar-refractivity contribution in [3.05, 3.63) is 11.6 Å². The first kappa shape index (κ1) is 42.9. The van der Waals surface area contributed by atoms with Crippen molar-refractivity contribution >= 4 is 11.9 Å². The summed E-state index contributed by atoms with van der Waals surface area (Å²) in [5, 5.41) is 57.3. The number of ether oxygens (including phenoxy) is 8. The van der Waals surface area contributed by atoms with Crippen LogP contribution >= 0.6 is 0 Å². The standard InChI is InChI=1S/C43H66O15/c1-20-38(49)32(55-23(4)44)18-37(52-20)58-40-22(3)54-36(17-31(40)46)57-39-21(2)53-35(16-30(39)45)56-26-9-11-41(5)25(14-26)7-8-28-29(41)15-33(47)42(6)27(10-12-43(28,42)50)24-13-34(48)51-19-24/h13,20-22,25-33,35-40,45-47,49-50H,7-12,14-19H2,1-6H3/t20-,21-,22-,25?,26?,27+,28?,29?,30+,31+,32+,33?,35+,36?,37?,38-,39?,40?,41+,42+,43?/m1/s1. The minimum atomic E-state index is -1.02. The van der Waals surface area contributed by atoms with Crippen molar-refractivity contribution in [1.82, 2.24) is 0 Å². The number of hydrogen-bond acceptors (Lipinski definition) is 15. The van der Waals surface area contributed by atoms with Crippen molar-refractivity contribution in [3.8, 4) is 0 Å². The van der Waals surface area contributed by atoms with Crippen LogP contribution in [0.3, 0.4) is 0 Å². The number of fused-ring (bicyclic) bond motifs is 5. The Morgan fingerprint density at radius 2 is 1.38 bits per heavy atom. The maximum atomic E-state index is 12.6. The molecule has 0 amide bonds. The monoisotopic (exact) mass is 822 g/mol. The van der Waals surface area contributed by atoms with Gasteiger partial charge in [-0.05, 0) is 107 Å². The highest BCUT2D eigenvalue weighted by Gasteiger charge is 2.71. The second-order valence-corrected chi connectivity index (χ2v) is 19.4. The highest BCUT2D eigenvalue weighted by molar-refractivity contribution is 5.85. The van der Waals surface area contributed by atoms with Crippen molar-refractivity contribution in [2.75, 3.05) is 6.61 Å². The van der Waals surface area contributed by atoms with E-state index >= 15 is 0 Å². The summed E-state index contributed by atoms with van der Waals surface area (Å²) in [4.78, 5) is 23.5. The summed E-state index contributed by atoms with van der Waals surface area (Å²) < 4.78 is 47.7. The Kier molecular flexibility index (Phi) is 12.0. The van der Waals surface area contributed by atoms with E-state index in [1.165, 1.54) is 6.92 Å². The highest BCUT2D eigenvalue weighted by Crippen LogP contribution is 2.70. The number of aliphatic hydroxyl groups is 5. The highest BCUT2D eigenvalue weighted by atomic mass is 16.7. The molecule has 0 radical (unpaired) electrons. The van der Waals surface area contributed by atoms with Crippen LogP contribution in [0, 0.1) is 34.5 Å². The zero-order valence-corrected chi connectivity index (χ0v) is 34.8.